The zero-order valence-corrected chi connectivity index (χ0v) is 14.2. The minimum Gasteiger partial charge on any atom is -0.497 e. The van der Waals surface area contributed by atoms with Crippen molar-refractivity contribution >= 4 is 10.9 Å². The molecule has 1 aliphatic rings. The van der Waals surface area contributed by atoms with Gasteiger partial charge in [-0.15, -0.1) is 0 Å². The Hall–Kier alpha value is -1.65. The third-order valence-electron chi connectivity index (χ3n) is 5.15. The second-order valence-electron chi connectivity index (χ2n) is 6.69. The number of ether oxygens (including phenoxy) is 1. The molecule has 2 aromatic rings. The summed E-state index contributed by atoms with van der Waals surface area (Å²) >= 11 is 0. The zero-order valence-electron chi connectivity index (χ0n) is 14.2. The van der Waals surface area contributed by atoms with Crippen molar-refractivity contribution in [2.75, 3.05) is 20.2 Å². The number of methoxy groups -OCH3 is 1. The third-order valence-corrected chi connectivity index (χ3v) is 5.15. The molecule has 0 spiro atoms. The molecule has 2 atom stereocenters. The maximum absolute atomic E-state index is 11.0. The molecule has 0 saturated carbocycles. The average Bonchev–Trinajstić information content (AvgIpc) is 2.60. The first-order valence-electron chi connectivity index (χ1n) is 8.45. The fourth-order valence-corrected chi connectivity index (χ4v) is 3.43. The van der Waals surface area contributed by atoms with Crippen molar-refractivity contribution in [1.82, 2.24) is 9.88 Å². The number of aliphatic hydroxyl groups is 1. The number of benzene rings is 1. The Balaban J connectivity index is 1.89. The highest BCUT2D eigenvalue weighted by Crippen LogP contribution is 2.31. The molecule has 1 aliphatic heterocycles. The molecule has 1 saturated heterocycles. The number of pyridine rings is 1. The van der Waals surface area contributed by atoms with Gasteiger partial charge in [0.15, 0.2) is 0 Å². The molecule has 1 aromatic carbocycles. The van der Waals surface area contributed by atoms with Crippen LogP contribution in [0.25, 0.3) is 10.9 Å². The van der Waals surface area contributed by atoms with E-state index in [-0.39, 0.29) is 6.04 Å². The summed E-state index contributed by atoms with van der Waals surface area (Å²) in [5.74, 6) is 1.58. The number of aromatic nitrogens is 1. The second kappa shape index (κ2) is 6.85. The lowest BCUT2D eigenvalue weighted by Crippen LogP contribution is -2.42. The molecule has 3 rings (SSSR count). The molecule has 1 N–H and O–H groups in total. The molecule has 124 valence electrons. The zero-order chi connectivity index (χ0) is 16.4. The lowest BCUT2D eigenvalue weighted by molar-refractivity contribution is 0.0398. The van der Waals surface area contributed by atoms with Crippen LogP contribution in [0.1, 0.15) is 38.4 Å². The lowest BCUT2D eigenvalue weighted by atomic mass is 9.94. The van der Waals surface area contributed by atoms with E-state index in [1.165, 1.54) is 12.8 Å². The summed E-state index contributed by atoms with van der Waals surface area (Å²) in [6.45, 7) is 6.55. The highest BCUT2D eigenvalue weighted by Gasteiger charge is 2.27. The van der Waals surface area contributed by atoms with Gasteiger partial charge in [0.05, 0.1) is 18.7 Å². The normalized spacial score (nSPS) is 19.7. The van der Waals surface area contributed by atoms with Gasteiger partial charge in [0, 0.05) is 17.6 Å². The van der Waals surface area contributed by atoms with Crippen LogP contribution in [0.2, 0.25) is 0 Å². The van der Waals surface area contributed by atoms with E-state index in [0.717, 1.165) is 41.2 Å². The van der Waals surface area contributed by atoms with Gasteiger partial charge in [0.25, 0.3) is 0 Å². The molecule has 1 fully saturated rings. The highest BCUT2D eigenvalue weighted by molar-refractivity contribution is 5.83. The minimum absolute atomic E-state index is 0.0966. The van der Waals surface area contributed by atoms with Gasteiger partial charge in [0.1, 0.15) is 5.75 Å². The van der Waals surface area contributed by atoms with Crippen molar-refractivity contribution < 1.29 is 9.84 Å². The largest absolute Gasteiger partial charge is 0.497 e. The van der Waals surface area contributed by atoms with Crippen LogP contribution in [-0.4, -0.2) is 41.2 Å². The maximum atomic E-state index is 11.0. The van der Waals surface area contributed by atoms with Crippen molar-refractivity contribution in [2.24, 2.45) is 5.92 Å². The predicted octanol–water partition coefficient (Wildman–Crippen LogP) is 3.40. The monoisotopic (exact) mass is 314 g/mol. The second-order valence-corrected chi connectivity index (χ2v) is 6.69. The summed E-state index contributed by atoms with van der Waals surface area (Å²) in [5.41, 5.74) is 1.82. The van der Waals surface area contributed by atoms with Gasteiger partial charge in [-0.2, -0.15) is 0 Å². The van der Waals surface area contributed by atoms with E-state index >= 15 is 0 Å². The van der Waals surface area contributed by atoms with Crippen LogP contribution in [0.4, 0.5) is 0 Å². The number of hydrogen-bond donors (Lipinski definition) is 1. The van der Waals surface area contributed by atoms with E-state index in [1.807, 2.05) is 24.3 Å². The van der Waals surface area contributed by atoms with E-state index in [2.05, 4.69) is 23.7 Å². The summed E-state index contributed by atoms with van der Waals surface area (Å²) in [5, 5.41) is 11.9. The van der Waals surface area contributed by atoms with Crippen LogP contribution in [0, 0.1) is 5.92 Å². The van der Waals surface area contributed by atoms with Crippen LogP contribution in [-0.2, 0) is 0 Å². The molecular formula is C19H26N2O2. The van der Waals surface area contributed by atoms with Crippen LogP contribution >= 0.6 is 0 Å². The van der Waals surface area contributed by atoms with Gasteiger partial charge < -0.3 is 9.84 Å². The Bertz CT molecular complexity index is 665. The Labute approximate surface area is 138 Å². The topological polar surface area (TPSA) is 45.6 Å². The SMILES string of the molecule is COc1ccc2nccc(C(O)C(C)N3CCC(C)CC3)c2c1. The van der Waals surface area contributed by atoms with E-state index in [4.69, 9.17) is 4.74 Å². The predicted molar refractivity (Wildman–Crippen MR) is 92.7 cm³/mol. The Morgan fingerprint density at radius 1 is 1.26 bits per heavy atom. The summed E-state index contributed by atoms with van der Waals surface area (Å²) in [6.07, 6.45) is 3.67. The molecule has 4 nitrogen and oxygen atoms in total. The van der Waals surface area contributed by atoms with Gasteiger partial charge >= 0.3 is 0 Å². The molecule has 0 amide bonds. The van der Waals surface area contributed by atoms with E-state index in [0.29, 0.717) is 0 Å². The van der Waals surface area contributed by atoms with E-state index in [1.54, 1.807) is 13.3 Å². The first-order chi connectivity index (χ1) is 11.1. The summed E-state index contributed by atoms with van der Waals surface area (Å²) in [6, 6.07) is 7.83. The van der Waals surface area contributed by atoms with Crippen LogP contribution in [0.15, 0.2) is 30.5 Å². The molecule has 1 aromatic heterocycles. The Morgan fingerprint density at radius 2 is 2.00 bits per heavy atom. The standard InChI is InChI=1S/C19H26N2O2/c1-13-7-10-21(11-8-13)14(2)19(22)16-6-9-20-18-5-4-15(23-3)12-17(16)18/h4-6,9,12-14,19,22H,7-8,10-11H2,1-3H3. The van der Waals surface area contributed by atoms with Gasteiger partial charge in [-0.25, -0.2) is 0 Å². The average molecular weight is 314 g/mol. The van der Waals surface area contributed by atoms with E-state index < -0.39 is 6.10 Å². The van der Waals surface area contributed by atoms with Gasteiger partial charge in [-0.3, -0.25) is 9.88 Å². The number of rotatable bonds is 4. The summed E-state index contributed by atoms with van der Waals surface area (Å²) in [7, 11) is 1.66. The van der Waals surface area contributed by atoms with E-state index in [9.17, 15) is 5.11 Å². The number of aliphatic hydroxyl groups excluding tert-OH is 1. The van der Waals surface area contributed by atoms with Gasteiger partial charge in [-0.05, 0) is 68.6 Å². The molecular weight excluding hydrogens is 288 g/mol. The fourth-order valence-electron chi connectivity index (χ4n) is 3.43. The molecule has 0 bridgehead atoms. The van der Waals surface area contributed by atoms with Gasteiger partial charge in [-0.1, -0.05) is 6.92 Å². The number of hydrogen-bond acceptors (Lipinski definition) is 4. The molecule has 23 heavy (non-hydrogen) atoms. The molecule has 2 unspecified atom stereocenters. The van der Waals surface area contributed by atoms with Gasteiger partial charge in [0.2, 0.25) is 0 Å². The number of piperidine rings is 1. The highest BCUT2D eigenvalue weighted by atomic mass is 16.5. The molecule has 0 radical (unpaired) electrons. The van der Waals surface area contributed by atoms with Crippen molar-refractivity contribution in [1.29, 1.82) is 0 Å². The number of nitrogens with zero attached hydrogens (tertiary/aromatic N) is 2. The smallest absolute Gasteiger partial charge is 0.119 e. The number of likely N-dealkylation sites (tertiary alicyclic amines) is 1. The van der Waals surface area contributed by atoms with Crippen molar-refractivity contribution in [2.45, 2.75) is 38.8 Å². The molecule has 0 aliphatic carbocycles. The molecule has 2 heterocycles. The quantitative estimate of drug-likeness (QED) is 0.939. The Morgan fingerprint density at radius 3 is 2.70 bits per heavy atom. The van der Waals surface area contributed by atoms with Crippen LogP contribution in [0.5, 0.6) is 5.75 Å². The molecule has 4 heteroatoms. The minimum atomic E-state index is -0.527. The van der Waals surface area contributed by atoms with Crippen molar-refractivity contribution in [3.63, 3.8) is 0 Å². The first-order valence-corrected chi connectivity index (χ1v) is 8.45. The summed E-state index contributed by atoms with van der Waals surface area (Å²) in [4.78, 5) is 6.80. The Kier molecular flexibility index (Phi) is 4.83. The lowest BCUT2D eigenvalue weighted by Gasteiger charge is -2.37. The fraction of sp³-hybridized carbons (Fsp3) is 0.526. The van der Waals surface area contributed by atoms with Crippen LogP contribution < -0.4 is 4.74 Å². The van der Waals surface area contributed by atoms with Crippen molar-refractivity contribution in [3.05, 3.63) is 36.0 Å². The maximum Gasteiger partial charge on any atom is 0.119 e. The van der Waals surface area contributed by atoms with Crippen molar-refractivity contribution in [3.8, 4) is 5.75 Å². The van der Waals surface area contributed by atoms with Crippen LogP contribution in [0.3, 0.4) is 0 Å². The number of fused-ring (bicyclic) bond motifs is 1. The first kappa shape index (κ1) is 16.2. The summed E-state index contributed by atoms with van der Waals surface area (Å²) < 4.78 is 5.33. The third kappa shape index (κ3) is 3.33.